The Kier molecular flexibility index (Phi) is 36.0. The Morgan fingerprint density at radius 1 is 0.725 bits per heavy atom. The van der Waals surface area contributed by atoms with Gasteiger partial charge in [-0.05, 0) is 57.9 Å². The van der Waals surface area contributed by atoms with Crippen LogP contribution in [0, 0.1) is 18.3 Å². The van der Waals surface area contributed by atoms with E-state index in [1.807, 2.05) is 90.1 Å². The van der Waals surface area contributed by atoms with Crippen LogP contribution in [0.15, 0.2) is 60.7 Å². The van der Waals surface area contributed by atoms with Crippen molar-refractivity contribution in [1.29, 1.82) is 0 Å². The molecule has 0 aliphatic rings. The molecular weight excluding hydrogens is 903 g/mol. The smallest absolute Gasteiger partial charge is 0.315 e. The third-order valence-electron chi connectivity index (χ3n) is 9.99. The number of aryl methyl sites for hydroxylation is 1. The van der Waals surface area contributed by atoms with Crippen molar-refractivity contribution in [1.82, 2.24) is 37.2 Å². The number of benzene rings is 2. The summed E-state index contributed by atoms with van der Waals surface area (Å²) in [7, 11) is 0. The van der Waals surface area contributed by atoms with Crippen LogP contribution in [0.3, 0.4) is 0 Å². The van der Waals surface area contributed by atoms with Crippen molar-refractivity contribution in [2.45, 2.75) is 157 Å². The van der Waals surface area contributed by atoms with Crippen molar-refractivity contribution in [3.63, 3.8) is 0 Å². The number of urea groups is 1. The number of carbonyl (C=O) groups excluding carboxylic acids is 9. The van der Waals surface area contributed by atoms with E-state index in [1.165, 1.54) is 5.56 Å². The minimum Gasteiger partial charge on any atom is -0.370 e. The van der Waals surface area contributed by atoms with Crippen LogP contribution >= 0.6 is 12.6 Å². The first kappa shape index (κ1) is 65.3. The molecule has 0 heterocycles. The molecule has 18 nitrogen and oxygen atoms in total. The summed E-state index contributed by atoms with van der Waals surface area (Å²) in [6.45, 7) is 18.9. The molecule has 0 saturated heterocycles. The monoisotopic (exact) mass is 986 g/mol. The fourth-order valence-corrected chi connectivity index (χ4v) is 5.88. The van der Waals surface area contributed by atoms with E-state index < -0.39 is 71.7 Å². The molecule has 19 heteroatoms. The van der Waals surface area contributed by atoms with E-state index in [9.17, 15) is 43.2 Å². The van der Waals surface area contributed by atoms with Crippen LogP contribution in [0.4, 0.5) is 4.79 Å². The minimum absolute atomic E-state index is 0.0587. The number of amides is 8. The number of nitrogens with two attached hydrogens (primary N) is 2. The van der Waals surface area contributed by atoms with Crippen LogP contribution < -0.4 is 48.7 Å². The van der Waals surface area contributed by atoms with E-state index in [-0.39, 0.29) is 50.2 Å². The highest BCUT2D eigenvalue weighted by Crippen LogP contribution is 2.25. The normalized spacial score (nSPS) is 13.1. The van der Waals surface area contributed by atoms with Crippen LogP contribution in [0.25, 0.3) is 0 Å². The van der Waals surface area contributed by atoms with Gasteiger partial charge in [0.2, 0.25) is 35.4 Å². The SMILES string of the molecule is CC.CC(C)CCC(C)(C)C(=O)NC(Cc1ccccc1)C(=O)NCC(=O)NCC(N)C(=O)NC(CC=O)C(=O)NC(C)CS.CCCC(C)NC(=O)NC(C=O)CCC(N)=O.Cc1ccccc1. The predicted octanol–water partition coefficient (Wildman–Crippen LogP) is 3.57. The van der Waals surface area contributed by atoms with E-state index in [2.05, 4.69) is 82.8 Å². The highest BCUT2D eigenvalue weighted by Gasteiger charge is 2.32. The fraction of sp³-hybridized carbons (Fsp3) is 0.580. The zero-order valence-corrected chi connectivity index (χ0v) is 43.4. The molecule has 11 N–H and O–H groups in total. The van der Waals surface area contributed by atoms with Gasteiger partial charge in [0, 0.05) is 49.1 Å². The van der Waals surface area contributed by atoms with Gasteiger partial charge in [-0.15, -0.1) is 0 Å². The molecule has 0 aromatic heterocycles. The summed E-state index contributed by atoms with van der Waals surface area (Å²) in [5.74, 6) is -2.39. The topological polar surface area (TPSA) is 290 Å². The molecule has 69 heavy (non-hydrogen) atoms. The summed E-state index contributed by atoms with van der Waals surface area (Å²) in [6.07, 6.45) is 4.76. The summed E-state index contributed by atoms with van der Waals surface area (Å²) >= 11 is 4.09. The van der Waals surface area contributed by atoms with E-state index in [4.69, 9.17) is 11.5 Å². The van der Waals surface area contributed by atoms with Crippen LogP contribution in [-0.4, -0.2) is 109 Å². The van der Waals surface area contributed by atoms with Crippen LogP contribution in [-0.2, 0) is 44.8 Å². The number of primary amides is 1. The summed E-state index contributed by atoms with van der Waals surface area (Å²) in [5, 5.41) is 18.1. The van der Waals surface area contributed by atoms with Crippen LogP contribution in [0.5, 0.6) is 0 Å². The van der Waals surface area contributed by atoms with Gasteiger partial charge in [-0.1, -0.05) is 121 Å². The summed E-state index contributed by atoms with van der Waals surface area (Å²) < 4.78 is 0. The van der Waals surface area contributed by atoms with Gasteiger partial charge in [0.25, 0.3) is 0 Å². The predicted molar refractivity (Wildman–Crippen MR) is 275 cm³/mol. The molecule has 388 valence electrons. The van der Waals surface area contributed by atoms with E-state index in [0.29, 0.717) is 30.7 Å². The zero-order chi connectivity index (χ0) is 53.0. The largest absolute Gasteiger partial charge is 0.370 e. The third-order valence-corrected chi connectivity index (χ3v) is 10.5. The molecule has 6 unspecified atom stereocenters. The second kappa shape index (κ2) is 38.1. The quantitative estimate of drug-likeness (QED) is 0.0459. The Bertz CT molecular complexity index is 1820. The van der Waals surface area contributed by atoms with Crippen molar-refractivity contribution in [2.75, 3.05) is 18.8 Å². The molecule has 0 saturated carbocycles. The van der Waals surface area contributed by atoms with E-state index in [0.717, 1.165) is 24.8 Å². The Morgan fingerprint density at radius 3 is 1.81 bits per heavy atom. The molecule has 6 atom stereocenters. The molecule has 0 spiro atoms. The van der Waals surface area contributed by atoms with Gasteiger partial charge in [-0.3, -0.25) is 28.8 Å². The molecular formula is C50H83N9O9S. The molecule has 0 fully saturated rings. The number of hydrogen-bond donors (Lipinski definition) is 10. The summed E-state index contributed by atoms with van der Waals surface area (Å²) in [5.41, 5.74) is 12.3. The van der Waals surface area contributed by atoms with Gasteiger partial charge < -0.3 is 58.3 Å². The average molecular weight is 986 g/mol. The first-order valence-electron chi connectivity index (χ1n) is 23.7. The Hall–Kier alpha value is -5.82. The van der Waals surface area contributed by atoms with Crippen molar-refractivity contribution in [3.05, 3.63) is 71.8 Å². The number of nitrogens with one attached hydrogen (secondary N) is 7. The van der Waals surface area contributed by atoms with Crippen LogP contribution in [0.2, 0.25) is 0 Å². The van der Waals surface area contributed by atoms with Crippen molar-refractivity contribution >= 4 is 66.7 Å². The van der Waals surface area contributed by atoms with Crippen molar-refractivity contribution in [2.24, 2.45) is 22.8 Å². The van der Waals surface area contributed by atoms with Gasteiger partial charge in [-0.25, -0.2) is 4.79 Å². The van der Waals surface area contributed by atoms with Crippen molar-refractivity contribution < 1.29 is 43.2 Å². The maximum atomic E-state index is 13.1. The van der Waals surface area contributed by atoms with Gasteiger partial charge in [0.1, 0.15) is 30.7 Å². The fourth-order valence-electron chi connectivity index (χ4n) is 5.79. The van der Waals surface area contributed by atoms with Gasteiger partial charge >= 0.3 is 6.03 Å². The number of rotatable bonds is 27. The maximum Gasteiger partial charge on any atom is 0.315 e. The average Bonchev–Trinajstić information content (AvgIpc) is 3.31. The molecule has 0 radical (unpaired) electrons. The third kappa shape index (κ3) is 32.5. The minimum atomic E-state index is -1.22. The molecule has 0 bridgehead atoms. The van der Waals surface area contributed by atoms with Crippen molar-refractivity contribution in [3.8, 4) is 0 Å². The molecule has 2 aromatic carbocycles. The molecule has 2 rings (SSSR count). The van der Waals surface area contributed by atoms with Gasteiger partial charge in [0.05, 0.1) is 12.6 Å². The molecule has 2 aromatic rings. The number of hydrogen-bond acceptors (Lipinski definition) is 11. The zero-order valence-electron chi connectivity index (χ0n) is 42.5. The first-order valence-corrected chi connectivity index (χ1v) is 24.3. The van der Waals surface area contributed by atoms with Gasteiger partial charge in [-0.2, -0.15) is 12.6 Å². The molecule has 0 aliphatic heterocycles. The lowest BCUT2D eigenvalue weighted by molar-refractivity contribution is -0.134. The standard InChI is InChI=1S/C30H48N6O6S.C11H21N3O3.C7H8.C2H6/c1-19(2)11-13-30(4,5)29(42)36-24(15-21-9-7-6-8-10-21)27(40)33-17-25(38)32-16-22(31)26(39)35-23(12-14-37)28(41)34-20(3)18-43;1-3-4-8(2)13-11(17)14-9(7-15)5-6-10(12)16;1-7-5-3-2-4-6-7;1-2/h6-10,14,19-20,22-24,43H,11-13,15-18,31H2,1-5H3,(H,32,38)(H,33,40)(H,34,41)(H,35,39)(H,36,42);7-9H,3-6H2,1-2H3,(H2,12,16)(H2,13,14,17);2-6H,1H3;1-2H3. The van der Waals surface area contributed by atoms with Gasteiger partial charge in [0.15, 0.2) is 0 Å². The lowest BCUT2D eigenvalue weighted by atomic mass is 9.84. The van der Waals surface area contributed by atoms with Crippen LogP contribution in [0.1, 0.15) is 118 Å². The number of carbonyl (C=O) groups is 9. The number of thiol groups is 1. The first-order chi connectivity index (χ1) is 32.6. The lowest BCUT2D eigenvalue weighted by Gasteiger charge is -2.28. The lowest BCUT2D eigenvalue weighted by Crippen LogP contribution is -2.56. The Morgan fingerprint density at radius 2 is 1.32 bits per heavy atom. The van der Waals surface area contributed by atoms with E-state index in [1.54, 1.807) is 6.92 Å². The Labute approximate surface area is 416 Å². The second-order valence-corrected chi connectivity index (χ2v) is 17.8. The Balaban J connectivity index is 0. The highest BCUT2D eigenvalue weighted by molar-refractivity contribution is 7.80. The second-order valence-electron chi connectivity index (χ2n) is 17.4. The molecule has 0 aliphatic carbocycles. The maximum absolute atomic E-state index is 13.1. The summed E-state index contributed by atoms with van der Waals surface area (Å²) in [6, 6.07) is 14.9. The van der Waals surface area contributed by atoms with E-state index >= 15 is 0 Å². The molecule has 8 amide bonds. The number of aldehydes is 2. The summed E-state index contributed by atoms with van der Waals surface area (Å²) in [4.78, 5) is 107. The highest BCUT2D eigenvalue weighted by atomic mass is 32.1.